The van der Waals surface area contributed by atoms with Crippen molar-refractivity contribution in [3.05, 3.63) is 40.6 Å². The Labute approximate surface area is 92.1 Å². The molecule has 0 fully saturated rings. The second-order valence-electron chi connectivity index (χ2n) is 3.09. The van der Waals surface area contributed by atoms with E-state index in [-0.39, 0.29) is 0 Å². The van der Waals surface area contributed by atoms with Crippen molar-refractivity contribution in [3.8, 4) is 16.9 Å². The smallest absolute Gasteiger partial charge is 0.153 e. The normalized spacial score (nSPS) is 9.93. The zero-order valence-corrected chi connectivity index (χ0v) is 9.08. The first kappa shape index (κ1) is 9.93. The lowest BCUT2D eigenvalue weighted by Gasteiger charge is -2.05. The molecule has 2 aromatic rings. The van der Waals surface area contributed by atoms with Crippen molar-refractivity contribution >= 4 is 17.6 Å². The summed E-state index contributed by atoms with van der Waals surface area (Å²) < 4.78 is 5.15. The maximum Gasteiger partial charge on any atom is 0.153 e. The molecular weight excluding hydrogens is 208 g/mol. The second kappa shape index (κ2) is 4.28. The van der Waals surface area contributed by atoms with Crippen molar-refractivity contribution in [3.63, 3.8) is 0 Å². The number of rotatable bonds is 3. The molecule has 0 unspecified atom stereocenters. The summed E-state index contributed by atoms with van der Waals surface area (Å²) >= 11 is 1.65. The molecule has 76 valence electrons. The molecule has 1 heterocycles. The monoisotopic (exact) mass is 218 g/mol. The maximum absolute atomic E-state index is 10.7. The van der Waals surface area contributed by atoms with Crippen LogP contribution < -0.4 is 4.74 Å². The molecule has 0 saturated heterocycles. The Morgan fingerprint density at radius 3 is 2.73 bits per heavy atom. The SMILES string of the molecule is COc1cc(-c2ccsc2)ccc1C=O. The van der Waals surface area contributed by atoms with Crippen molar-refractivity contribution in [2.24, 2.45) is 0 Å². The minimum Gasteiger partial charge on any atom is -0.496 e. The summed E-state index contributed by atoms with van der Waals surface area (Å²) in [6, 6.07) is 7.62. The van der Waals surface area contributed by atoms with Gasteiger partial charge in [-0.25, -0.2) is 0 Å². The molecule has 2 nitrogen and oxygen atoms in total. The van der Waals surface area contributed by atoms with Crippen LogP contribution in [0, 0.1) is 0 Å². The third-order valence-corrected chi connectivity index (χ3v) is 2.90. The van der Waals surface area contributed by atoms with Gasteiger partial charge in [0.2, 0.25) is 0 Å². The zero-order valence-electron chi connectivity index (χ0n) is 8.27. The maximum atomic E-state index is 10.7. The van der Waals surface area contributed by atoms with Crippen LogP contribution in [0.4, 0.5) is 0 Å². The Balaban J connectivity index is 2.48. The third-order valence-electron chi connectivity index (χ3n) is 2.21. The van der Waals surface area contributed by atoms with Gasteiger partial charge in [0.25, 0.3) is 0 Å². The molecule has 0 aliphatic rings. The molecule has 0 bridgehead atoms. The fourth-order valence-electron chi connectivity index (χ4n) is 1.42. The first-order valence-electron chi connectivity index (χ1n) is 4.51. The van der Waals surface area contributed by atoms with Crippen LogP contribution in [-0.4, -0.2) is 13.4 Å². The van der Waals surface area contributed by atoms with Gasteiger partial charge in [0, 0.05) is 0 Å². The van der Waals surface area contributed by atoms with Crippen LogP contribution >= 0.6 is 11.3 Å². The van der Waals surface area contributed by atoms with Crippen LogP contribution in [0.3, 0.4) is 0 Å². The number of thiophene rings is 1. The van der Waals surface area contributed by atoms with E-state index in [0.717, 1.165) is 17.4 Å². The number of aldehydes is 1. The Morgan fingerprint density at radius 2 is 2.13 bits per heavy atom. The third kappa shape index (κ3) is 1.92. The number of methoxy groups -OCH3 is 1. The second-order valence-corrected chi connectivity index (χ2v) is 3.87. The number of benzene rings is 1. The van der Waals surface area contributed by atoms with E-state index in [0.29, 0.717) is 11.3 Å². The van der Waals surface area contributed by atoms with Gasteiger partial charge in [-0.15, -0.1) is 0 Å². The van der Waals surface area contributed by atoms with E-state index in [9.17, 15) is 4.79 Å². The van der Waals surface area contributed by atoms with Crippen LogP contribution in [-0.2, 0) is 0 Å². The first-order valence-corrected chi connectivity index (χ1v) is 5.45. The van der Waals surface area contributed by atoms with Crippen molar-refractivity contribution in [1.82, 2.24) is 0 Å². The lowest BCUT2D eigenvalue weighted by molar-refractivity contribution is 0.112. The highest BCUT2D eigenvalue weighted by Gasteiger charge is 2.04. The van der Waals surface area contributed by atoms with Gasteiger partial charge in [0.05, 0.1) is 12.7 Å². The fourth-order valence-corrected chi connectivity index (χ4v) is 2.08. The zero-order chi connectivity index (χ0) is 10.7. The van der Waals surface area contributed by atoms with Gasteiger partial charge in [0.15, 0.2) is 6.29 Å². The van der Waals surface area contributed by atoms with Crippen molar-refractivity contribution in [2.75, 3.05) is 7.11 Å². The van der Waals surface area contributed by atoms with Gasteiger partial charge in [-0.05, 0) is 40.1 Å². The minimum atomic E-state index is 0.580. The molecule has 0 radical (unpaired) electrons. The summed E-state index contributed by atoms with van der Waals surface area (Å²) in [4.78, 5) is 10.7. The largest absolute Gasteiger partial charge is 0.496 e. The Hall–Kier alpha value is -1.61. The Bertz CT molecular complexity index is 460. The topological polar surface area (TPSA) is 26.3 Å². The Kier molecular flexibility index (Phi) is 2.83. The highest BCUT2D eigenvalue weighted by Crippen LogP contribution is 2.27. The summed E-state index contributed by atoms with van der Waals surface area (Å²) in [5.74, 6) is 0.619. The highest BCUT2D eigenvalue weighted by atomic mass is 32.1. The summed E-state index contributed by atoms with van der Waals surface area (Å²) in [5, 5.41) is 4.09. The lowest BCUT2D eigenvalue weighted by atomic mass is 10.1. The van der Waals surface area contributed by atoms with E-state index in [1.165, 1.54) is 0 Å². The standard InChI is InChI=1S/C12H10O2S/c1-14-12-6-9(2-3-10(12)7-13)11-4-5-15-8-11/h2-8H,1H3. The minimum absolute atomic E-state index is 0.580. The van der Waals surface area contributed by atoms with Crippen LogP contribution in [0.5, 0.6) is 5.75 Å². The molecule has 3 heteroatoms. The average molecular weight is 218 g/mol. The molecule has 0 amide bonds. The molecule has 2 rings (SSSR count). The summed E-state index contributed by atoms with van der Waals surface area (Å²) in [6.45, 7) is 0. The van der Waals surface area contributed by atoms with Crippen LogP contribution in [0.2, 0.25) is 0 Å². The van der Waals surface area contributed by atoms with E-state index in [1.807, 2.05) is 23.6 Å². The van der Waals surface area contributed by atoms with Gasteiger partial charge >= 0.3 is 0 Å². The van der Waals surface area contributed by atoms with Gasteiger partial charge in [-0.3, -0.25) is 4.79 Å². The molecule has 0 N–H and O–H groups in total. The molecule has 1 aromatic carbocycles. The quantitative estimate of drug-likeness (QED) is 0.739. The van der Waals surface area contributed by atoms with Crippen molar-refractivity contribution < 1.29 is 9.53 Å². The molecule has 0 aliphatic carbocycles. The number of hydrogen-bond acceptors (Lipinski definition) is 3. The molecule has 0 spiro atoms. The highest BCUT2D eigenvalue weighted by molar-refractivity contribution is 7.08. The van der Waals surface area contributed by atoms with E-state index in [4.69, 9.17) is 4.74 Å². The number of carbonyl (C=O) groups excluding carboxylic acids is 1. The van der Waals surface area contributed by atoms with E-state index in [1.54, 1.807) is 24.5 Å². The van der Waals surface area contributed by atoms with Gasteiger partial charge in [-0.1, -0.05) is 6.07 Å². The van der Waals surface area contributed by atoms with Crippen molar-refractivity contribution in [2.45, 2.75) is 0 Å². The van der Waals surface area contributed by atoms with Crippen molar-refractivity contribution in [1.29, 1.82) is 0 Å². The van der Waals surface area contributed by atoms with Crippen LogP contribution in [0.25, 0.3) is 11.1 Å². The van der Waals surface area contributed by atoms with E-state index in [2.05, 4.69) is 5.38 Å². The first-order chi connectivity index (χ1) is 7.35. The molecular formula is C12H10O2S. The van der Waals surface area contributed by atoms with Crippen LogP contribution in [0.1, 0.15) is 10.4 Å². The lowest BCUT2D eigenvalue weighted by Crippen LogP contribution is -1.90. The molecule has 1 aromatic heterocycles. The fraction of sp³-hybridized carbons (Fsp3) is 0.0833. The predicted molar refractivity (Wildman–Crippen MR) is 61.7 cm³/mol. The van der Waals surface area contributed by atoms with E-state index < -0.39 is 0 Å². The van der Waals surface area contributed by atoms with E-state index >= 15 is 0 Å². The summed E-state index contributed by atoms with van der Waals surface area (Å²) in [5.41, 5.74) is 2.80. The number of ether oxygens (including phenoxy) is 1. The summed E-state index contributed by atoms with van der Waals surface area (Å²) in [6.07, 6.45) is 0.802. The number of carbonyl (C=O) groups is 1. The molecule has 15 heavy (non-hydrogen) atoms. The Morgan fingerprint density at radius 1 is 1.27 bits per heavy atom. The van der Waals surface area contributed by atoms with Gasteiger partial charge < -0.3 is 4.74 Å². The van der Waals surface area contributed by atoms with Crippen LogP contribution in [0.15, 0.2) is 35.0 Å². The molecule has 0 aliphatic heterocycles. The predicted octanol–water partition coefficient (Wildman–Crippen LogP) is 3.24. The average Bonchev–Trinajstić information content (AvgIpc) is 2.81. The number of hydrogen-bond donors (Lipinski definition) is 0. The summed E-state index contributed by atoms with van der Waals surface area (Å²) in [7, 11) is 1.57. The van der Waals surface area contributed by atoms with Gasteiger partial charge in [-0.2, -0.15) is 11.3 Å². The van der Waals surface area contributed by atoms with Gasteiger partial charge in [0.1, 0.15) is 5.75 Å². The molecule has 0 atom stereocenters. The molecule has 0 saturated carbocycles.